The molecule has 2 rings (SSSR count). The molecule has 2 saturated heterocycles. The van der Waals surface area contributed by atoms with E-state index in [1.54, 1.807) is 0 Å². The van der Waals surface area contributed by atoms with E-state index in [1.165, 1.54) is 65.0 Å². The minimum Gasteiger partial charge on any atom is -0.381 e. The van der Waals surface area contributed by atoms with Gasteiger partial charge in [0.25, 0.3) is 0 Å². The average molecular weight is 255 g/mol. The first-order chi connectivity index (χ1) is 8.88. The van der Waals surface area contributed by atoms with Gasteiger partial charge in [-0.15, -0.1) is 0 Å². The zero-order valence-electron chi connectivity index (χ0n) is 11.6. The minimum atomic E-state index is 0.793. The summed E-state index contributed by atoms with van der Waals surface area (Å²) in [6.07, 6.45) is 5.05. The topological polar surface area (TPSA) is 41.7 Å². The second kappa shape index (κ2) is 8.10. The van der Waals surface area contributed by atoms with Crippen LogP contribution in [0.2, 0.25) is 0 Å². The third-order valence-corrected chi connectivity index (χ3v) is 4.18. The Labute approximate surface area is 111 Å². The van der Waals surface area contributed by atoms with E-state index >= 15 is 0 Å². The van der Waals surface area contributed by atoms with Crippen molar-refractivity contribution in [2.75, 3.05) is 59.0 Å². The average Bonchev–Trinajstić information content (AvgIpc) is 2.89. The Morgan fingerprint density at radius 1 is 1.00 bits per heavy atom. The lowest BCUT2D eigenvalue weighted by Crippen LogP contribution is -2.47. The molecule has 0 saturated carbocycles. The molecular formula is C14H29N3O. The third kappa shape index (κ3) is 4.84. The van der Waals surface area contributed by atoms with E-state index in [2.05, 4.69) is 9.80 Å². The molecule has 18 heavy (non-hydrogen) atoms. The molecule has 0 radical (unpaired) electrons. The van der Waals surface area contributed by atoms with Crippen molar-refractivity contribution < 1.29 is 4.74 Å². The molecule has 0 bridgehead atoms. The number of unbranched alkanes of at least 4 members (excludes halogenated alkanes) is 2. The van der Waals surface area contributed by atoms with Gasteiger partial charge in [0.1, 0.15) is 0 Å². The molecule has 0 aromatic rings. The number of piperazine rings is 1. The SMILES string of the molecule is NCCCCCN1CCN(CC2CCOC2)CC1. The summed E-state index contributed by atoms with van der Waals surface area (Å²) in [5.41, 5.74) is 5.51. The fourth-order valence-electron chi connectivity index (χ4n) is 2.94. The number of nitrogens with two attached hydrogens (primary N) is 1. The van der Waals surface area contributed by atoms with Gasteiger partial charge in [-0.3, -0.25) is 0 Å². The van der Waals surface area contributed by atoms with Crippen molar-refractivity contribution in [3.63, 3.8) is 0 Å². The van der Waals surface area contributed by atoms with Gasteiger partial charge in [-0.1, -0.05) is 6.42 Å². The Morgan fingerprint density at radius 2 is 1.78 bits per heavy atom. The molecule has 4 heteroatoms. The molecule has 2 aliphatic rings. The summed E-state index contributed by atoms with van der Waals surface area (Å²) in [6, 6.07) is 0. The molecule has 0 aromatic heterocycles. The second-order valence-electron chi connectivity index (χ2n) is 5.72. The molecule has 2 fully saturated rings. The lowest BCUT2D eigenvalue weighted by molar-refractivity contribution is 0.109. The Bertz CT molecular complexity index is 211. The number of ether oxygens (including phenoxy) is 1. The van der Waals surface area contributed by atoms with Gasteiger partial charge in [-0.05, 0) is 38.3 Å². The molecule has 2 N–H and O–H groups in total. The summed E-state index contributed by atoms with van der Waals surface area (Å²) in [4.78, 5) is 5.23. The van der Waals surface area contributed by atoms with E-state index in [0.717, 1.165) is 25.7 Å². The van der Waals surface area contributed by atoms with Gasteiger partial charge in [0, 0.05) is 39.3 Å². The highest BCUT2D eigenvalue weighted by atomic mass is 16.5. The number of rotatable bonds is 7. The molecule has 2 heterocycles. The van der Waals surface area contributed by atoms with Crippen LogP contribution in [0.15, 0.2) is 0 Å². The molecule has 2 aliphatic heterocycles. The Morgan fingerprint density at radius 3 is 2.44 bits per heavy atom. The number of hydrogen-bond donors (Lipinski definition) is 1. The quantitative estimate of drug-likeness (QED) is 0.682. The lowest BCUT2D eigenvalue weighted by atomic mass is 10.1. The highest BCUT2D eigenvalue weighted by Crippen LogP contribution is 2.15. The molecular weight excluding hydrogens is 226 g/mol. The number of hydrogen-bond acceptors (Lipinski definition) is 4. The Kier molecular flexibility index (Phi) is 6.41. The highest BCUT2D eigenvalue weighted by molar-refractivity contribution is 4.76. The summed E-state index contributed by atoms with van der Waals surface area (Å²) in [7, 11) is 0. The standard InChI is InChI=1S/C14H29N3O/c15-5-2-1-3-6-16-7-9-17(10-8-16)12-14-4-11-18-13-14/h14H,1-13,15H2. The van der Waals surface area contributed by atoms with Crippen molar-refractivity contribution in [3.8, 4) is 0 Å². The summed E-state index contributed by atoms with van der Waals surface area (Å²) < 4.78 is 5.45. The highest BCUT2D eigenvalue weighted by Gasteiger charge is 2.22. The molecule has 0 spiro atoms. The minimum absolute atomic E-state index is 0.793. The maximum atomic E-state index is 5.51. The Balaban J connectivity index is 1.53. The fraction of sp³-hybridized carbons (Fsp3) is 1.00. The van der Waals surface area contributed by atoms with Crippen LogP contribution in [0.1, 0.15) is 25.7 Å². The van der Waals surface area contributed by atoms with Crippen LogP contribution in [-0.4, -0.2) is 68.8 Å². The first-order valence-corrected chi connectivity index (χ1v) is 7.61. The van der Waals surface area contributed by atoms with Gasteiger partial charge < -0.3 is 20.3 Å². The largest absolute Gasteiger partial charge is 0.381 e. The lowest BCUT2D eigenvalue weighted by Gasteiger charge is -2.35. The van der Waals surface area contributed by atoms with Crippen molar-refractivity contribution in [1.82, 2.24) is 9.80 Å². The van der Waals surface area contributed by atoms with Crippen molar-refractivity contribution in [3.05, 3.63) is 0 Å². The third-order valence-electron chi connectivity index (χ3n) is 4.18. The van der Waals surface area contributed by atoms with Crippen LogP contribution < -0.4 is 5.73 Å². The van der Waals surface area contributed by atoms with E-state index in [4.69, 9.17) is 10.5 Å². The second-order valence-corrected chi connectivity index (χ2v) is 5.72. The molecule has 0 amide bonds. The normalized spacial score (nSPS) is 26.8. The molecule has 1 unspecified atom stereocenters. The molecule has 106 valence electrons. The predicted octanol–water partition coefficient (Wildman–Crippen LogP) is 0.770. The van der Waals surface area contributed by atoms with Crippen molar-refractivity contribution >= 4 is 0 Å². The molecule has 1 atom stereocenters. The van der Waals surface area contributed by atoms with Crippen molar-refractivity contribution in [2.45, 2.75) is 25.7 Å². The molecule has 4 nitrogen and oxygen atoms in total. The summed E-state index contributed by atoms with van der Waals surface area (Å²) >= 11 is 0. The van der Waals surface area contributed by atoms with Crippen LogP contribution in [-0.2, 0) is 4.74 Å². The van der Waals surface area contributed by atoms with E-state index in [0.29, 0.717) is 0 Å². The summed E-state index contributed by atoms with van der Waals surface area (Å²) in [6.45, 7) is 10.3. The van der Waals surface area contributed by atoms with Crippen LogP contribution in [0.5, 0.6) is 0 Å². The monoisotopic (exact) mass is 255 g/mol. The zero-order valence-corrected chi connectivity index (χ0v) is 11.6. The van der Waals surface area contributed by atoms with Gasteiger partial charge in [0.05, 0.1) is 6.61 Å². The van der Waals surface area contributed by atoms with Gasteiger partial charge >= 0.3 is 0 Å². The van der Waals surface area contributed by atoms with Crippen LogP contribution in [0.3, 0.4) is 0 Å². The zero-order chi connectivity index (χ0) is 12.6. The van der Waals surface area contributed by atoms with Gasteiger partial charge in [0.15, 0.2) is 0 Å². The van der Waals surface area contributed by atoms with Gasteiger partial charge in [-0.25, -0.2) is 0 Å². The number of nitrogens with zero attached hydrogens (tertiary/aromatic N) is 2. The summed E-state index contributed by atoms with van der Waals surface area (Å²) in [5, 5.41) is 0. The van der Waals surface area contributed by atoms with Crippen LogP contribution in [0.4, 0.5) is 0 Å². The van der Waals surface area contributed by atoms with Gasteiger partial charge in [-0.2, -0.15) is 0 Å². The molecule has 0 aliphatic carbocycles. The van der Waals surface area contributed by atoms with E-state index in [9.17, 15) is 0 Å². The first kappa shape index (κ1) is 14.3. The smallest absolute Gasteiger partial charge is 0.0507 e. The maximum Gasteiger partial charge on any atom is 0.0507 e. The van der Waals surface area contributed by atoms with Gasteiger partial charge in [0.2, 0.25) is 0 Å². The van der Waals surface area contributed by atoms with Crippen molar-refractivity contribution in [1.29, 1.82) is 0 Å². The van der Waals surface area contributed by atoms with Crippen molar-refractivity contribution in [2.24, 2.45) is 11.7 Å². The van der Waals surface area contributed by atoms with E-state index in [1.807, 2.05) is 0 Å². The summed E-state index contributed by atoms with van der Waals surface area (Å²) in [5.74, 6) is 0.793. The Hall–Kier alpha value is -0.160. The maximum absolute atomic E-state index is 5.51. The van der Waals surface area contributed by atoms with E-state index in [-0.39, 0.29) is 0 Å². The molecule has 0 aromatic carbocycles. The van der Waals surface area contributed by atoms with Crippen LogP contribution in [0, 0.1) is 5.92 Å². The predicted molar refractivity (Wildman–Crippen MR) is 74.7 cm³/mol. The van der Waals surface area contributed by atoms with E-state index < -0.39 is 0 Å². The van der Waals surface area contributed by atoms with Crippen LogP contribution in [0.25, 0.3) is 0 Å². The van der Waals surface area contributed by atoms with Crippen LogP contribution >= 0.6 is 0 Å². The first-order valence-electron chi connectivity index (χ1n) is 7.61. The fourth-order valence-corrected chi connectivity index (χ4v) is 2.94.